The molecule has 25 heavy (non-hydrogen) atoms. The van der Waals surface area contributed by atoms with Gasteiger partial charge in [-0.3, -0.25) is 9.59 Å². The Balaban J connectivity index is 3.30. The van der Waals surface area contributed by atoms with Crippen molar-refractivity contribution in [3.05, 3.63) is 24.3 Å². The largest absolute Gasteiger partial charge is 0.497 e. The molecule has 0 amide bonds. The minimum atomic E-state index is -4.29. The summed E-state index contributed by atoms with van der Waals surface area (Å²) in [5.41, 5.74) is 0. The highest BCUT2D eigenvalue weighted by molar-refractivity contribution is 7.89. The number of benzene rings is 1. The van der Waals surface area contributed by atoms with Crippen molar-refractivity contribution in [3.63, 3.8) is 0 Å². The monoisotopic (exact) mass is 375 g/mol. The van der Waals surface area contributed by atoms with E-state index in [2.05, 4.69) is 4.74 Å². The molecular formula is C15H21NO8S. The van der Waals surface area contributed by atoms with E-state index in [9.17, 15) is 23.1 Å². The van der Waals surface area contributed by atoms with E-state index in [1.807, 2.05) is 0 Å². The smallest absolute Gasteiger partial charge is 0.326 e. The molecule has 10 heteroatoms. The summed E-state index contributed by atoms with van der Waals surface area (Å²) >= 11 is 0. The van der Waals surface area contributed by atoms with E-state index in [4.69, 9.17) is 9.47 Å². The molecule has 0 saturated heterocycles. The lowest BCUT2D eigenvalue weighted by Crippen LogP contribution is -2.50. The molecule has 0 saturated carbocycles. The first-order valence-electron chi connectivity index (χ1n) is 7.32. The first-order chi connectivity index (χ1) is 11.8. The van der Waals surface area contributed by atoms with Crippen LogP contribution >= 0.6 is 0 Å². The van der Waals surface area contributed by atoms with Gasteiger partial charge in [-0.25, -0.2) is 8.42 Å². The Labute approximate surface area is 146 Å². The Hall–Kier alpha value is -2.17. The summed E-state index contributed by atoms with van der Waals surface area (Å²) in [6, 6.07) is 3.78. The van der Waals surface area contributed by atoms with Crippen molar-refractivity contribution >= 4 is 22.0 Å². The lowest BCUT2D eigenvalue weighted by Gasteiger charge is -2.27. The normalized spacial score (nSPS) is 12.5. The van der Waals surface area contributed by atoms with E-state index in [0.29, 0.717) is 10.1 Å². The van der Waals surface area contributed by atoms with Crippen molar-refractivity contribution in [2.24, 2.45) is 0 Å². The molecule has 0 aromatic heterocycles. The molecule has 1 aromatic carbocycles. The van der Waals surface area contributed by atoms with Gasteiger partial charge >= 0.3 is 11.9 Å². The molecule has 0 fully saturated rings. The maximum Gasteiger partial charge on any atom is 0.326 e. The summed E-state index contributed by atoms with van der Waals surface area (Å²) in [5, 5.41) is 9.45. The van der Waals surface area contributed by atoms with E-state index in [0.717, 1.165) is 7.11 Å². The average Bonchev–Trinajstić information content (AvgIpc) is 2.61. The first kappa shape index (κ1) is 20.9. The Bertz CT molecular complexity index is 686. The van der Waals surface area contributed by atoms with E-state index in [1.165, 1.54) is 31.4 Å². The molecule has 0 radical (unpaired) electrons. The third-order valence-corrected chi connectivity index (χ3v) is 5.12. The van der Waals surface area contributed by atoms with Gasteiger partial charge in [0.25, 0.3) is 0 Å². The standard InChI is InChI=1S/C15H21NO8S/c1-4-24-14(18)9-16(13(10-17)15(19)23-3)25(20,21)12-7-5-11(22-2)6-8-12/h5-8,13,17H,4,9-10H2,1-3H3. The topological polar surface area (TPSA) is 119 Å². The van der Waals surface area contributed by atoms with E-state index in [1.54, 1.807) is 6.92 Å². The molecule has 1 N–H and O–H groups in total. The minimum absolute atomic E-state index is 0.0390. The van der Waals surface area contributed by atoms with Gasteiger partial charge in [-0.1, -0.05) is 0 Å². The number of carbonyl (C=O) groups is 2. The third kappa shape index (κ3) is 5.15. The maximum atomic E-state index is 12.9. The van der Waals surface area contributed by atoms with Crippen LogP contribution in [0.4, 0.5) is 0 Å². The number of rotatable bonds is 9. The highest BCUT2D eigenvalue weighted by atomic mass is 32.2. The number of methoxy groups -OCH3 is 2. The Kier molecular flexibility index (Phi) is 7.81. The number of sulfonamides is 1. The molecule has 1 atom stereocenters. The summed E-state index contributed by atoms with van der Waals surface area (Å²) in [4.78, 5) is 23.4. The molecule has 140 valence electrons. The molecule has 0 bridgehead atoms. The molecule has 1 rings (SSSR count). The van der Waals surface area contributed by atoms with E-state index in [-0.39, 0.29) is 11.5 Å². The number of ether oxygens (including phenoxy) is 3. The minimum Gasteiger partial charge on any atom is -0.497 e. The quantitative estimate of drug-likeness (QED) is 0.589. The second kappa shape index (κ2) is 9.35. The fraction of sp³-hybridized carbons (Fsp3) is 0.467. The highest BCUT2D eigenvalue weighted by Gasteiger charge is 2.38. The van der Waals surface area contributed by atoms with Gasteiger partial charge in [0.1, 0.15) is 18.3 Å². The van der Waals surface area contributed by atoms with Gasteiger partial charge in [-0.2, -0.15) is 4.31 Å². The SMILES string of the molecule is CCOC(=O)CN(C(CO)C(=O)OC)S(=O)(=O)c1ccc(OC)cc1. The van der Waals surface area contributed by atoms with Crippen molar-refractivity contribution in [1.82, 2.24) is 4.31 Å². The number of aliphatic hydroxyl groups is 1. The van der Waals surface area contributed by atoms with Crippen molar-refractivity contribution in [2.75, 3.05) is 34.0 Å². The van der Waals surface area contributed by atoms with Crippen molar-refractivity contribution < 1.29 is 37.3 Å². The maximum absolute atomic E-state index is 12.9. The Morgan fingerprint density at radius 2 is 1.80 bits per heavy atom. The predicted molar refractivity (Wildman–Crippen MR) is 86.4 cm³/mol. The van der Waals surface area contributed by atoms with Gasteiger partial charge in [-0.15, -0.1) is 0 Å². The molecule has 1 unspecified atom stereocenters. The molecule has 0 spiro atoms. The van der Waals surface area contributed by atoms with Gasteiger partial charge in [0.2, 0.25) is 10.0 Å². The van der Waals surface area contributed by atoms with Gasteiger partial charge in [-0.05, 0) is 31.2 Å². The summed E-state index contributed by atoms with van der Waals surface area (Å²) < 4.78 is 40.5. The lowest BCUT2D eigenvalue weighted by molar-refractivity contribution is -0.149. The molecule has 0 heterocycles. The van der Waals surface area contributed by atoms with Crippen LogP contribution in [0.5, 0.6) is 5.75 Å². The van der Waals surface area contributed by atoms with Gasteiger partial charge in [0.05, 0.1) is 32.3 Å². The zero-order valence-corrected chi connectivity index (χ0v) is 15.0. The molecule has 0 aliphatic rings. The van der Waals surface area contributed by atoms with E-state index >= 15 is 0 Å². The van der Waals surface area contributed by atoms with Crippen LogP contribution < -0.4 is 4.74 Å². The van der Waals surface area contributed by atoms with Crippen LogP contribution in [0.3, 0.4) is 0 Å². The number of aliphatic hydroxyl groups excluding tert-OH is 1. The Morgan fingerprint density at radius 1 is 1.20 bits per heavy atom. The summed E-state index contributed by atoms with van der Waals surface area (Å²) in [5.74, 6) is -1.42. The fourth-order valence-electron chi connectivity index (χ4n) is 2.00. The van der Waals surface area contributed by atoms with Crippen LogP contribution in [0, 0.1) is 0 Å². The molecule has 9 nitrogen and oxygen atoms in total. The molecular weight excluding hydrogens is 354 g/mol. The zero-order chi connectivity index (χ0) is 19.0. The van der Waals surface area contributed by atoms with Gasteiger partial charge in [0.15, 0.2) is 0 Å². The summed E-state index contributed by atoms with van der Waals surface area (Å²) in [6.45, 7) is -0.00862. The van der Waals surface area contributed by atoms with Crippen LogP contribution in [0.25, 0.3) is 0 Å². The predicted octanol–water partition coefficient (Wildman–Crippen LogP) is -0.217. The Morgan fingerprint density at radius 3 is 2.24 bits per heavy atom. The van der Waals surface area contributed by atoms with Crippen molar-refractivity contribution in [2.45, 2.75) is 17.9 Å². The second-order valence-electron chi connectivity index (χ2n) is 4.75. The van der Waals surface area contributed by atoms with Crippen LogP contribution in [0.2, 0.25) is 0 Å². The zero-order valence-electron chi connectivity index (χ0n) is 14.2. The van der Waals surface area contributed by atoms with Crippen LogP contribution in [-0.2, 0) is 29.1 Å². The van der Waals surface area contributed by atoms with Crippen LogP contribution in [-0.4, -0.2) is 69.8 Å². The molecule has 0 aliphatic carbocycles. The van der Waals surface area contributed by atoms with Crippen molar-refractivity contribution in [1.29, 1.82) is 0 Å². The van der Waals surface area contributed by atoms with Gasteiger partial charge in [0, 0.05) is 0 Å². The number of esters is 2. The van der Waals surface area contributed by atoms with Crippen molar-refractivity contribution in [3.8, 4) is 5.75 Å². The van der Waals surface area contributed by atoms with E-state index < -0.39 is 41.2 Å². The number of hydrogen-bond acceptors (Lipinski definition) is 8. The summed E-state index contributed by atoms with van der Waals surface area (Å²) in [6.07, 6.45) is 0. The molecule has 1 aromatic rings. The first-order valence-corrected chi connectivity index (χ1v) is 8.76. The van der Waals surface area contributed by atoms with Crippen LogP contribution in [0.1, 0.15) is 6.92 Å². The molecule has 0 aliphatic heterocycles. The number of nitrogens with zero attached hydrogens (tertiary/aromatic N) is 1. The highest BCUT2D eigenvalue weighted by Crippen LogP contribution is 2.21. The van der Waals surface area contributed by atoms with Gasteiger partial charge < -0.3 is 19.3 Å². The number of hydrogen-bond donors (Lipinski definition) is 1. The average molecular weight is 375 g/mol. The van der Waals surface area contributed by atoms with Crippen LogP contribution in [0.15, 0.2) is 29.2 Å². The third-order valence-electron chi connectivity index (χ3n) is 3.25. The summed E-state index contributed by atoms with van der Waals surface area (Å²) in [7, 11) is -1.81. The second-order valence-corrected chi connectivity index (χ2v) is 6.64. The number of carbonyl (C=O) groups excluding carboxylic acids is 2. The lowest BCUT2D eigenvalue weighted by atomic mass is 10.3. The fourth-order valence-corrected chi connectivity index (χ4v) is 3.51.